The van der Waals surface area contributed by atoms with Crippen LogP contribution in [0.3, 0.4) is 0 Å². The molecular formula is C18H34N4O4. The van der Waals surface area contributed by atoms with E-state index in [1.165, 1.54) is 0 Å². The van der Waals surface area contributed by atoms with Crippen LogP contribution in [0.25, 0.3) is 0 Å². The molecule has 0 aromatic heterocycles. The Morgan fingerprint density at radius 2 is 1.12 bits per heavy atom. The summed E-state index contributed by atoms with van der Waals surface area (Å²) in [5.41, 5.74) is 0.968. The Labute approximate surface area is 156 Å². The lowest BCUT2D eigenvalue weighted by Crippen LogP contribution is -2.55. The van der Waals surface area contributed by atoms with Gasteiger partial charge in [0.2, 0.25) is 0 Å². The Bertz CT molecular complexity index is 440. The lowest BCUT2D eigenvalue weighted by molar-refractivity contribution is 0.0591. The fraction of sp³-hybridized carbons (Fsp3) is 0.889. The molecule has 2 aliphatic heterocycles. The predicted molar refractivity (Wildman–Crippen MR) is 101 cm³/mol. The molecule has 0 unspecified atom stereocenters. The molecule has 0 radical (unpaired) electrons. The molecule has 4 N–H and O–H groups in total. The Hall–Kier alpha value is -1.22. The summed E-state index contributed by atoms with van der Waals surface area (Å²) >= 11 is 0. The summed E-state index contributed by atoms with van der Waals surface area (Å²) in [7, 11) is 0. The van der Waals surface area contributed by atoms with Gasteiger partial charge in [-0.2, -0.15) is 0 Å². The van der Waals surface area contributed by atoms with Gasteiger partial charge in [0.05, 0.1) is 22.5 Å². The molecular weight excluding hydrogens is 336 g/mol. The maximum absolute atomic E-state index is 9.20. The molecule has 0 aromatic carbocycles. The van der Waals surface area contributed by atoms with Crippen molar-refractivity contribution in [3.05, 3.63) is 0 Å². The van der Waals surface area contributed by atoms with E-state index in [4.69, 9.17) is 9.47 Å². The van der Waals surface area contributed by atoms with Crippen molar-refractivity contribution in [2.45, 2.75) is 63.5 Å². The van der Waals surface area contributed by atoms with Gasteiger partial charge in [0.1, 0.15) is 0 Å². The van der Waals surface area contributed by atoms with Crippen molar-refractivity contribution in [3.8, 4) is 0 Å². The molecule has 0 amide bonds. The van der Waals surface area contributed by atoms with Gasteiger partial charge in [0, 0.05) is 26.4 Å². The SMILES string of the molecule is CC(=NO)C1(NCCCCNC2(C(C)=NO)CCOCC2)CCOCC1. The third-order valence-corrected chi connectivity index (χ3v) is 5.91. The number of hydrogen-bond donors (Lipinski definition) is 4. The summed E-state index contributed by atoms with van der Waals surface area (Å²) in [6.45, 7) is 8.20. The first-order valence-corrected chi connectivity index (χ1v) is 9.62. The molecule has 8 nitrogen and oxygen atoms in total. The van der Waals surface area contributed by atoms with Gasteiger partial charge in [-0.05, 0) is 65.5 Å². The first-order valence-electron chi connectivity index (χ1n) is 9.62. The number of unbranched alkanes of at least 4 members (excludes halogenated alkanes) is 1. The van der Waals surface area contributed by atoms with Crippen LogP contribution < -0.4 is 10.6 Å². The zero-order valence-electron chi connectivity index (χ0n) is 16.1. The third kappa shape index (κ3) is 5.16. The van der Waals surface area contributed by atoms with E-state index in [-0.39, 0.29) is 11.1 Å². The van der Waals surface area contributed by atoms with Gasteiger partial charge in [-0.15, -0.1) is 0 Å². The van der Waals surface area contributed by atoms with E-state index in [2.05, 4.69) is 20.9 Å². The second-order valence-electron chi connectivity index (χ2n) is 7.32. The highest BCUT2D eigenvalue weighted by Crippen LogP contribution is 2.24. The number of hydrogen-bond acceptors (Lipinski definition) is 8. The fourth-order valence-corrected chi connectivity index (χ4v) is 3.87. The second-order valence-corrected chi connectivity index (χ2v) is 7.32. The number of nitrogens with one attached hydrogen (secondary N) is 2. The van der Waals surface area contributed by atoms with Crippen LogP contribution in [0.1, 0.15) is 52.4 Å². The molecule has 2 rings (SSSR count). The lowest BCUT2D eigenvalue weighted by Gasteiger charge is -2.38. The van der Waals surface area contributed by atoms with Crippen LogP contribution in [-0.2, 0) is 9.47 Å². The Morgan fingerprint density at radius 1 is 0.769 bits per heavy atom. The first kappa shape index (κ1) is 21.1. The van der Waals surface area contributed by atoms with E-state index in [0.717, 1.165) is 63.0 Å². The van der Waals surface area contributed by atoms with Gasteiger partial charge in [-0.25, -0.2) is 0 Å². The molecule has 2 aliphatic rings. The van der Waals surface area contributed by atoms with Gasteiger partial charge in [0.25, 0.3) is 0 Å². The standard InChI is InChI=1S/C18H34N4O4/c1-15(21-23)17(5-11-25-12-6-17)19-9-3-4-10-20-18(16(2)22-24)7-13-26-14-8-18/h19-20,23-24H,3-14H2,1-2H3. The van der Waals surface area contributed by atoms with Gasteiger partial charge in [-0.3, -0.25) is 0 Å². The molecule has 0 aliphatic carbocycles. The van der Waals surface area contributed by atoms with Crippen molar-refractivity contribution in [2.24, 2.45) is 10.3 Å². The summed E-state index contributed by atoms with van der Waals surface area (Å²) in [6.07, 6.45) is 5.34. The van der Waals surface area contributed by atoms with Crippen LogP contribution >= 0.6 is 0 Å². The van der Waals surface area contributed by atoms with Crippen LogP contribution in [0, 0.1) is 0 Å². The van der Waals surface area contributed by atoms with Crippen LogP contribution in [-0.4, -0.2) is 72.4 Å². The number of oxime groups is 2. The van der Waals surface area contributed by atoms with E-state index >= 15 is 0 Å². The largest absolute Gasteiger partial charge is 0.411 e. The van der Waals surface area contributed by atoms with Gasteiger partial charge in [-0.1, -0.05) is 10.3 Å². The zero-order chi connectivity index (χ0) is 18.9. The molecule has 150 valence electrons. The topological polar surface area (TPSA) is 108 Å². The van der Waals surface area contributed by atoms with E-state index in [1.807, 2.05) is 13.8 Å². The van der Waals surface area contributed by atoms with E-state index in [1.54, 1.807) is 0 Å². The van der Waals surface area contributed by atoms with Crippen LogP contribution in [0.2, 0.25) is 0 Å². The Kier molecular flexibility index (Phi) is 8.27. The summed E-state index contributed by atoms with van der Waals surface area (Å²) in [5, 5.41) is 32.4. The smallest absolute Gasteiger partial charge is 0.0742 e. The molecule has 0 bridgehead atoms. The summed E-state index contributed by atoms with van der Waals surface area (Å²) < 4.78 is 10.9. The van der Waals surface area contributed by atoms with Crippen molar-refractivity contribution in [3.63, 3.8) is 0 Å². The molecule has 0 saturated carbocycles. The molecule has 2 heterocycles. The maximum Gasteiger partial charge on any atom is 0.0742 e. The normalized spacial score (nSPS) is 23.8. The van der Waals surface area contributed by atoms with Gasteiger partial charge >= 0.3 is 0 Å². The van der Waals surface area contributed by atoms with E-state index in [0.29, 0.717) is 26.4 Å². The number of ether oxygens (including phenoxy) is 2. The Balaban J connectivity index is 1.75. The quantitative estimate of drug-likeness (QED) is 0.213. The minimum atomic E-state index is -0.248. The third-order valence-electron chi connectivity index (χ3n) is 5.91. The van der Waals surface area contributed by atoms with Crippen LogP contribution in [0.4, 0.5) is 0 Å². The highest BCUT2D eigenvalue weighted by Gasteiger charge is 2.36. The molecule has 0 aromatic rings. The minimum Gasteiger partial charge on any atom is -0.411 e. The number of nitrogens with zero attached hydrogens (tertiary/aromatic N) is 2. The summed E-state index contributed by atoms with van der Waals surface area (Å²) in [6, 6.07) is 0. The lowest BCUT2D eigenvalue weighted by atomic mass is 9.85. The summed E-state index contributed by atoms with van der Waals surface area (Å²) in [4.78, 5) is 0. The van der Waals surface area contributed by atoms with Gasteiger partial charge < -0.3 is 30.5 Å². The van der Waals surface area contributed by atoms with Gasteiger partial charge in [0.15, 0.2) is 0 Å². The second kappa shape index (κ2) is 10.2. The Morgan fingerprint density at radius 3 is 1.42 bits per heavy atom. The first-order chi connectivity index (χ1) is 12.6. The zero-order valence-corrected chi connectivity index (χ0v) is 16.1. The molecule has 0 atom stereocenters. The fourth-order valence-electron chi connectivity index (χ4n) is 3.87. The van der Waals surface area contributed by atoms with Crippen LogP contribution in [0.5, 0.6) is 0 Å². The van der Waals surface area contributed by atoms with Crippen molar-refractivity contribution in [1.29, 1.82) is 0 Å². The summed E-state index contributed by atoms with van der Waals surface area (Å²) in [5.74, 6) is 0. The van der Waals surface area contributed by atoms with Crippen molar-refractivity contribution in [1.82, 2.24) is 10.6 Å². The van der Waals surface area contributed by atoms with Crippen molar-refractivity contribution in [2.75, 3.05) is 39.5 Å². The molecule has 8 heteroatoms. The van der Waals surface area contributed by atoms with E-state index in [9.17, 15) is 10.4 Å². The maximum atomic E-state index is 9.20. The van der Waals surface area contributed by atoms with Crippen molar-refractivity contribution < 1.29 is 19.9 Å². The monoisotopic (exact) mass is 370 g/mol. The number of rotatable bonds is 9. The molecule has 26 heavy (non-hydrogen) atoms. The molecule has 2 fully saturated rings. The average Bonchev–Trinajstić information content (AvgIpc) is 2.70. The van der Waals surface area contributed by atoms with Crippen LogP contribution in [0.15, 0.2) is 10.3 Å². The van der Waals surface area contributed by atoms with Crippen molar-refractivity contribution >= 4 is 11.4 Å². The predicted octanol–water partition coefficient (Wildman–Crippen LogP) is 1.74. The minimum absolute atomic E-state index is 0.248. The highest BCUT2D eigenvalue weighted by molar-refractivity contribution is 5.91. The highest BCUT2D eigenvalue weighted by atomic mass is 16.5. The molecule has 0 spiro atoms. The average molecular weight is 370 g/mol. The van der Waals surface area contributed by atoms with E-state index < -0.39 is 0 Å². The molecule has 2 saturated heterocycles.